The number of rotatable bonds is 3. The van der Waals surface area contributed by atoms with Gasteiger partial charge in [0.1, 0.15) is 5.82 Å². The molecule has 0 amide bonds. The van der Waals surface area contributed by atoms with Crippen LogP contribution in [0.5, 0.6) is 0 Å². The number of H-pyrrole nitrogens is 1. The minimum atomic E-state index is -0.0851. The highest BCUT2D eigenvalue weighted by atomic mass is 16.1. The fourth-order valence-corrected chi connectivity index (χ4v) is 2.83. The first-order valence-electron chi connectivity index (χ1n) is 7.73. The molecule has 0 spiro atoms. The molecule has 0 aliphatic carbocycles. The van der Waals surface area contributed by atoms with E-state index >= 15 is 0 Å². The topological polar surface area (TPSA) is 63.6 Å². The molecule has 4 rings (SSSR count). The molecule has 0 bridgehead atoms. The molecule has 4 aromatic rings. The molecule has 0 saturated heterocycles. The van der Waals surface area contributed by atoms with Crippen LogP contribution in [0.2, 0.25) is 0 Å². The number of aromatic amines is 1. The number of benzene rings is 2. The third-order valence-corrected chi connectivity index (χ3v) is 3.91. The van der Waals surface area contributed by atoms with Gasteiger partial charge in [-0.1, -0.05) is 31.2 Å². The first-order valence-corrected chi connectivity index (χ1v) is 7.73. The molecule has 0 fully saturated rings. The largest absolute Gasteiger partial charge is 0.323 e. The normalized spacial score (nSPS) is 11.3. The number of para-hydroxylation sites is 3. The van der Waals surface area contributed by atoms with E-state index < -0.39 is 0 Å². The maximum Gasteiger partial charge on any atom is 0.268 e. The Labute approximate surface area is 132 Å². The summed E-state index contributed by atoms with van der Waals surface area (Å²) in [5.41, 5.74) is 2.39. The molecule has 2 aromatic carbocycles. The maximum atomic E-state index is 13.0. The number of fused-ring (bicyclic) bond motifs is 2. The summed E-state index contributed by atoms with van der Waals surface area (Å²) in [5.74, 6) is 1.26. The fraction of sp³-hybridized carbons (Fsp3) is 0.167. The van der Waals surface area contributed by atoms with Crippen LogP contribution >= 0.6 is 0 Å². The number of nitrogens with zero attached hydrogens (tertiary/aromatic N) is 3. The summed E-state index contributed by atoms with van der Waals surface area (Å²) >= 11 is 0. The molecule has 1 N–H and O–H groups in total. The van der Waals surface area contributed by atoms with Gasteiger partial charge in [-0.05, 0) is 30.7 Å². The van der Waals surface area contributed by atoms with Crippen molar-refractivity contribution in [3.05, 3.63) is 64.7 Å². The summed E-state index contributed by atoms with van der Waals surface area (Å²) in [6, 6.07) is 15.2. The average molecular weight is 304 g/mol. The number of aromatic nitrogens is 4. The van der Waals surface area contributed by atoms with Gasteiger partial charge in [-0.25, -0.2) is 14.5 Å². The van der Waals surface area contributed by atoms with E-state index in [1.165, 1.54) is 0 Å². The molecule has 5 heteroatoms. The lowest BCUT2D eigenvalue weighted by Gasteiger charge is -2.10. The van der Waals surface area contributed by atoms with Crippen LogP contribution in [0.3, 0.4) is 0 Å². The highest BCUT2D eigenvalue weighted by molar-refractivity contribution is 5.79. The van der Waals surface area contributed by atoms with Crippen molar-refractivity contribution in [3.63, 3.8) is 0 Å². The highest BCUT2D eigenvalue weighted by Gasteiger charge is 2.14. The van der Waals surface area contributed by atoms with Gasteiger partial charge in [0, 0.05) is 6.42 Å². The van der Waals surface area contributed by atoms with Gasteiger partial charge in [0.2, 0.25) is 5.95 Å². The molecule has 0 radical (unpaired) electrons. The maximum absolute atomic E-state index is 13.0. The molecule has 2 heterocycles. The number of imidazole rings is 1. The van der Waals surface area contributed by atoms with Crippen molar-refractivity contribution >= 4 is 21.9 Å². The number of hydrogen-bond acceptors (Lipinski definition) is 3. The molecule has 5 nitrogen and oxygen atoms in total. The molecule has 114 valence electrons. The predicted octanol–water partition coefficient (Wildman–Crippen LogP) is 3.21. The van der Waals surface area contributed by atoms with Gasteiger partial charge in [0.15, 0.2) is 0 Å². The van der Waals surface area contributed by atoms with E-state index in [2.05, 4.69) is 21.9 Å². The van der Waals surface area contributed by atoms with Crippen LogP contribution in [0.4, 0.5) is 0 Å². The van der Waals surface area contributed by atoms with Gasteiger partial charge in [0.25, 0.3) is 5.56 Å². The van der Waals surface area contributed by atoms with Crippen molar-refractivity contribution < 1.29 is 0 Å². The quantitative estimate of drug-likeness (QED) is 0.632. The summed E-state index contributed by atoms with van der Waals surface area (Å²) in [6.45, 7) is 2.07. The van der Waals surface area contributed by atoms with E-state index in [1.54, 1.807) is 10.6 Å². The van der Waals surface area contributed by atoms with Crippen molar-refractivity contribution in [3.8, 4) is 5.95 Å². The van der Waals surface area contributed by atoms with Crippen molar-refractivity contribution in [1.82, 2.24) is 19.5 Å². The van der Waals surface area contributed by atoms with Gasteiger partial charge >= 0.3 is 0 Å². The Morgan fingerprint density at radius 2 is 1.74 bits per heavy atom. The molecule has 0 aliphatic rings. The summed E-state index contributed by atoms with van der Waals surface area (Å²) in [5, 5.41) is 0.604. The smallest absolute Gasteiger partial charge is 0.268 e. The van der Waals surface area contributed by atoms with Crippen LogP contribution in [-0.2, 0) is 6.42 Å². The van der Waals surface area contributed by atoms with Crippen molar-refractivity contribution in [2.24, 2.45) is 0 Å². The second-order valence-electron chi connectivity index (χ2n) is 5.51. The van der Waals surface area contributed by atoms with Crippen LogP contribution in [0, 0.1) is 0 Å². The van der Waals surface area contributed by atoms with Crippen LogP contribution in [-0.4, -0.2) is 19.5 Å². The van der Waals surface area contributed by atoms with E-state index in [-0.39, 0.29) is 5.56 Å². The first-order chi connectivity index (χ1) is 11.3. The Kier molecular flexibility index (Phi) is 3.19. The zero-order valence-corrected chi connectivity index (χ0v) is 12.8. The summed E-state index contributed by atoms with van der Waals surface area (Å²) in [4.78, 5) is 25.4. The lowest BCUT2D eigenvalue weighted by molar-refractivity contribution is 0.754. The first kappa shape index (κ1) is 13.7. The van der Waals surface area contributed by atoms with Crippen LogP contribution in [0.1, 0.15) is 19.2 Å². The average Bonchev–Trinajstić information content (AvgIpc) is 2.99. The lowest BCUT2D eigenvalue weighted by Crippen LogP contribution is -2.24. The van der Waals surface area contributed by atoms with Crippen LogP contribution in [0.25, 0.3) is 27.9 Å². The Bertz CT molecular complexity index is 1030. The Balaban J connectivity index is 2.05. The van der Waals surface area contributed by atoms with Gasteiger partial charge in [0.05, 0.1) is 21.9 Å². The molecule has 0 saturated carbocycles. The Morgan fingerprint density at radius 3 is 2.52 bits per heavy atom. The predicted molar refractivity (Wildman–Crippen MR) is 91.0 cm³/mol. The van der Waals surface area contributed by atoms with E-state index in [0.29, 0.717) is 11.3 Å². The van der Waals surface area contributed by atoms with E-state index in [9.17, 15) is 4.79 Å². The Hall–Kier alpha value is -2.95. The molecule has 0 atom stereocenters. The minimum Gasteiger partial charge on any atom is -0.323 e. The summed E-state index contributed by atoms with van der Waals surface area (Å²) in [7, 11) is 0. The molecular formula is C18H16N4O. The highest BCUT2D eigenvalue weighted by Crippen LogP contribution is 2.16. The van der Waals surface area contributed by atoms with E-state index in [0.717, 1.165) is 35.2 Å². The fourth-order valence-electron chi connectivity index (χ4n) is 2.83. The monoisotopic (exact) mass is 304 g/mol. The van der Waals surface area contributed by atoms with Crippen molar-refractivity contribution in [1.29, 1.82) is 0 Å². The Morgan fingerprint density at radius 1 is 1.00 bits per heavy atom. The van der Waals surface area contributed by atoms with Crippen LogP contribution < -0.4 is 5.56 Å². The van der Waals surface area contributed by atoms with E-state index in [4.69, 9.17) is 0 Å². The third kappa shape index (κ3) is 2.21. The molecule has 2 aromatic heterocycles. The minimum absolute atomic E-state index is 0.0851. The van der Waals surface area contributed by atoms with Gasteiger partial charge in [-0.3, -0.25) is 4.79 Å². The molecule has 0 aliphatic heterocycles. The molecule has 23 heavy (non-hydrogen) atoms. The summed E-state index contributed by atoms with van der Waals surface area (Å²) < 4.78 is 1.60. The number of aryl methyl sites for hydroxylation is 1. The van der Waals surface area contributed by atoms with Gasteiger partial charge in [-0.2, -0.15) is 0 Å². The number of nitrogens with one attached hydrogen (secondary N) is 1. The SMILES string of the molecule is CCCc1nc2ccccc2c(=O)n1-c1nc2ccccc2[nH]1. The zero-order valence-electron chi connectivity index (χ0n) is 12.8. The standard InChI is InChI=1S/C18H16N4O/c1-2-7-16-19-13-9-4-3-8-12(13)17(23)22(16)18-20-14-10-5-6-11-15(14)21-18/h3-6,8-11H,2,7H2,1H3,(H,20,21). The van der Waals surface area contributed by atoms with E-state index in [1.807, 2.05) is 42.5 Å². The van der Waals surface area contributed by atoms with Crippen molar-refractivity contribution in [2.75, 3.05) is 0 Å². The summed E-state index contributed by atoms with van der Waals surface area (Å²) in [6.07, 6.45) is 1.63. The number of hydrogen-bond donors (Lipinski definition) is 1. The zero-order chi connectivity index (χ0) is 15.8. The third-order valence-electron chi connectivity index (χ3n) is 3.91. The second kappa shape index (κ2) is 5.35. The van der Waals surface area contributed by atoms with Crippen LogP contribution in [0.15, 0.2) is 53.3 Å². The van der Waals surface area contributed by atoms with Gasteiger partial charge < -0.3 is 4.98 Å². The van der Waals surface area contributed by atoms with Gasteiger partial charge in [-0.15, -0.1) is 0 Å². The van der Waals surface area contributed by atoms with Crippen molar-refractivity contribution in [2.45, 2.75) is 19.8 Å². The second-order valence-corrected chi connectivity index (χ2v) is 5.51. The lowest BCUT2D eigenvalue weighted by atomic mass is 10.2. The molecule has 0 unspecified atom stereocenters. The molecular weight excluding hydrogens is 288 g/mol.